The van der Waals surface area contributed by atoms with Crippen molar-refractivity contribution < 1.29 is 19.8 Å². The molecule has 4 heteroatoms. The molecule has 0 aliphatic heterocycles. The van der Waals surface area contributed by atoms with Gasteiger partial charge in [-0.25, -0.2) is 0 Å². The lowest BCUT2D eigenvalue weighted by molar-refractivity contribution is -0.154. The van der Waals surface area contributed by atoms with Crippen LogP contribution in [0.5, 0.6) is 0 Å². The molecule has 0 aromatic carbocycles. The molecule has 0 heterocycles. The van der Waals surface area contributed by atoms with Gasteiger partial charge in [-0.1, -0.05) is 32.6 Å². The number of carbonyl (C=O) groups is 2. The topological polar surface area (TPSA) is 74.6 Å². The molecule has 0 aromatic heterocycles. The Morgan fingerprint density at radius 1 is 1.08 bits per heavy atom. The van der Waals surface area contributed by atoms with Gasteiger partial charge in [-0.2, -0.15) is 0 Å². The van der Waals surface area contributed by atoms with Crippen LogP contribution < -0.4 is 0 Å². The fourth-order valence-electron chi connectivity index (χ4n) is 1.13. The smallest absolute Gasteiger partial charge is 0.317 e. The third-order valence-corrected chi connectivity index (χ3v) is 1.94. The second kappa shape index (κ2) is 6.46. The second-order valence-electron chi connectivity index (χ2n) is 3.08. The maximum atomic E-state index is 10.4. The second-order valence-corrected chi connectivity index (χ2v) is 3.08. The Morgan fingerprint density at radius 3 is 2.00 bits per heavy atom. The summed E-state index contributed by atoms with van der Waals surface area (Å²) in [6, 6.07) is 0. The van der Waals surface area contributed by atoms with Crippen molar-refractivity contribution in [2.24, 2.45) is 5.92 Å². The number of aliphatic carboxylic acids is 2. The lowest BCUT2D eigenvalue weighted by Crippen LogP contribution is -2.23. The van der Waals surface area contributed by atoms with E-state index in [2.05, 4.69) is 0 Å². The predicted molar refractivity (Wildman–Crippen MR) is 47.5 cm³/mol. The molecular formula is C9H16O4. The highest BCUT2D eigenvalue weighted by Crippen LogP contribution is 2.11. The van der Waals surface area contributed by atoms with E-state index in [9.17, 15) is 9.59 Å². The van der Waals surface area contributed by atoms with E-state index in [0.29, 0.717) is 6.42 Å². The summed E-state index contributed by atoms with van der Waals surface area (Å²) in [4.78, 5) is 20.8. The van der Waals surface area contributed by atoms with Crippen molar-refractivity contribution in [2.45, 2.75) is 39.0 Å². The maximum Gasteiger partial charge on any atom is 0.317 e. The molecule has 13 heavy (non-hydrogen) atoms. The molecule has 4 nitrogen and oxygen atoms in total. The van der Waals surface area contributed by atoms with Crippen LogP contribution in [0.3, 0.4) is 0 Å². The number of hydrogen-bond acceptors (Lipinski definition) is 2. The molecule has 0 rings (SSSR count). The summed E-state index contributed by atoms with van der Waals surface area (Å²) in [5.41, 5.74) is 0. The fraction of sp³-hybridized carbons (Fsp3) is 0.778. The Balaban J connectivity index is 3.71. The van der Waals surface area contributed by atoms with E-state index >= 15 is 0 Å². The molecule has 0 atom stereocenters. The highest BCUT2D eigenvalue weighted by molar-refractivity contribution is 5.92. The molecule has 0 aromatic rings. The fourth-order valence-corrected chi connectivity index (χ4v) is 1.13. The zero-order valence-electron chi connectivity index (χ0n) is 7.82. The standard InChI is InChI=1S/C9H16O4/c1-2-3-4-5-6-7(8(10)11)9(12)13/h7H,2-6H2,1H3,(H,10,11)(H,12,13). The van der Waals surface area contributed by atoms with Gasteiger partial charge in [0.2, 0.25) is 0 Å². The SMILES string of the molecule is CCCCCCC(C(=O)O)C(=O)O. The number of rotatable bonds is 7. The summed E-state index contributed by atoms with van der Waals surface area (Å²) in [5.74, 6) is -3.69. The van der Waals surface area contributed by atoms with Gasteiger partial charge in [0, 0.05) is 0 Å². The average molecular weight is 188 g/mol. The first-order valence-corrected chi connectivity index (χ1v) is 4.55. The first kappa shape index (κ1) is 11.9. The zero-order valence-corrected chi connectivity index (χ0v) is 7.82. The minimum atomic E-state index is -1.23. The minimum absolute atomic E-state index is 0.241. The van der Waals surface area contributed by atoms with Gasteiger partial charge in [0.25, 0.3) is 0 Å². The number of carboxylic acids is 2. The van der Waals surface area contributed by atoms with Gasteiger partial charge in [-0.05, 0) is 6.42 Å². The average Bonchev–Trinajstić information content (AvgIpc) is 2.02. The minimum Gasteiger partial charge on any atom is -0.481 e. The van der Waals surface area contributed by atoms with Crippen LogP contribution in [-0.4, -0.2) is 22.2 Å². The van der Waals surface area contributed by atoms with Gasteiger partial charge in [0.15, 0.2) is 5.92 Å². The van der Waals surface area contributed by atoms with Crippen molar-refractivity contribution in [1.29, 1.82) is 0 Å². The van der Waals surface area contributed by atoms with E-state index in [-0.39, 0.29) is 6.42 Å². The Hall–Kier alpha value is -1.06. The van der Waals surface area contributed by atoms with Crippen LogP contribution in [0.1, 0.15) is 39.0 Å². The molecule has 0 amide bonds. The van der Waals surface area contributed by atoms with Crippen LogP contribution in [0.4, 0.5) is 0 Å². The van der Waals surface area contributed by atoms with Crippen molar-refractivity contribution >= 4 is 11.9 Å². The summed E-state index contributed by atoms with van der Waals surface area (Å²) in [5, 5.41) is 17.0. The molecule has 0 aliphatic rings. The normalized spacial score (nSPS) is 10.3. The van der Waals surface area contributed by atoms with Crippen LogP contribution >= 0.6 is 0 Å². The highest BCUT2D eigenvalue weighted by atomic mass is 16.4. The summed E-state index contributed by atoms with van der Waals surface area (Å²) < 4.78 is 0. The molecule has 0 aliphatic carbocycles. The monoisotopic (exact) mass is 188 g/mol. The van der Waals surface area contributed by atoms with Gasteiger partial charge >= 0.3 is 11.9 Å². The van der Waals surface area contributed by atoms with Crippen molar-refractivity contribution in [3.8, 4) is 0 Å². The molecule has 0 spiro atoms. The molecule has 0 bridgehead atoms. The van der Waals surface area contributed by atoms with E-state index in [1.165, 1.54) is 0 Å². The molecule has 2 N–H and O–H groups in total. The molecule has 0 unspecified atom stereocenters. The van der Waals surface area contributed by atoms with Gasteiger partial charge in [0.1, 0.15) is 0 Å². The van der Waals surface area contributed by atoms with E-state index in [0.717, 1.165) is 19.3 Å². The summed E-state index contributed by atoms with van der Waals surface area (Å²) in [6.07, 6.45) is 3.92. The van der Waals surface area contributed by atoms with Gasteiger partial charge in [0.05, 0.1) is 0 Å². The molecule has 0 saturated carbocycles. The molecule has 0 fully saturated rings. The predicted octanol–water partition coefficient (Wildman–Crippen LogP) is 1.74. The van der Waals surface area contributed by atoms with Crippen LogP contribution in [0.25, 0.3) is 0 Å². The molecule has 76 valence electrons. The van der Waals surface area contributed by atoms with Crippen LogP contribution in [0.15, 0.2) is 0 Å². The van der Waals surface area contributed by atoms with Crippen LogP contribution in [0, 0.1) is 5.92 Å². The number of hydrogen-bond donors (Lipinski definition) is 2. The van der Waals surface area contributed by atoms with Crippen molar-refractivity contribution in [3.63, 3.8) is 0 Å². The van der Waals surface area contributed by atoms with Gasteiger partial charge in [-0.15, -0.1) is 0 Å². The summed E-state index contributed by atoms with van der Waals surface area (Å²) in [7, 11) is 0. The first-order valence-electron chi connectivity index (χ1n) is 4.55. The molecule has 0 saturated heterocycles. The Kier molecular flexibility index (Phi) is 5.93. The Bertz CT molecular complexity index is 162. The molecular weight excluding hydrogens is 172 g/mol. The number of carboxylic acid groups (broad SMARTS) is 2. The largest absolute Gasteiger partial charge is 0.481 e. The maximum absolute atomic E-state index is 10.4. The van der Waals surface area contributed by atoms with Crippen LogP contribution in [0.2, 0.25) is 0 Å². The lowest BCUT2D eigenvalue weighted by Gasteiger charge is -2.05. The Labute approximate surface area is 77.6 Å². The van der Waals surface area contributed by atoms with Crippen LogP contribution in [-0.2, 0) is 9.59 Å². The number of unbranched alkanes of at least 4 members (excludes halogenated alkanes) is 3. The third kappa shape index (κ3) is 5.22. The highest BCUT2D eigenvalue weighted by Gasteiger charge is 2.24. The van der Waals surface area contributed by atoms with E-state index in [1.807, 2.05) is 6.92 Å². The van der Waals surface area contributed by atoms with Gasteiger partial charge < -0.3 is 10.2 Å². The first-order chi connectivity index (χ1) is 6.09. The van der Waals surface area contributed by atoms with E-state index < -0.39 is 17.9 Å². The van der Waals surface area contributed by atoms with E-state index in [1.54, 1.807) is 0 Å². The molecule has 0 radical (unpaired) electrons. The lowest BCUT2D eigenvalue weighted by atomic mass is 10.0. The van der Waals surface area contributed by atoms with E-state index in [4.69, 9.17) is 10.2 Å². The summed E-state index contributed by atoms with van der Waals surface area (Å²) >= 11 is 0. The Morgan fingerprint density at radius 2 is 1.62 bits per heavy atom. The summed E-state index contributed by atoms with van der Waals surface area (Å²) in [6.45, 7) is 2.05. The third-order valence-electron chi connectivity index (χ3n) is 1.94. The zero-order chi connectivity index (χ0) is 10.3. The van der Waals surface area contributed by atoms with Crippen molar-refractivity contribution in [3.05, 3.63) is 0 Å². The van der Waals surface area contributed by atoms with Crippen molar-refractivity contribution in [1.82, 2.24) is 0 Å². The van der Waals surface area contributed by atoms with Crippen molar-refractivity contribution in [2.75, 3.05) is 0 Å². The van der Waals surface area contributed by atoms with Gasteiger partial charge in [-0.3, -0.25) is 9.59 Å². The quantitative estimate of drug-likeness (QED) is 0.471.